The fourth-order valence-corrected chi connectivity index (χ4v) is 3.11. The Kier molecular flexibility index (Phi) is 5.30. The van der Waals surface area contributed by atoms with Gasteiger partial charge in [-0.25, -0.2) is 0 Å². The lowest BCUT2D eigenvalue weighted by molar-refractivity contribution is -0.117. The number of rotatable bonds is 6. The fourth-order valence-electron chi connectivity index (χ4n) is 3.11. The summed E-state index contributed by atoms with van der Waals surface area (Å²) in [6.07, 6.45) is 5.50. The van der Waals surface area contributed by atoms with Gasteiger partial charge in [0.2, 0.25) is 5.91 Å². The van der Waals surface area contributed by atoms with Crippen molar-refractivity contribution in [3.8, 4) is 5.75 Å². The van der Waals surface area contributed by atoms with Crippen molar-refractivity contribution in [3.05, 3.63) is 60.2 Å². The SMILES string of the molecule is O=C(CC1CCCC1)Nc1ccccc1OCc1ccccc1. The number of ether oxygens (including phenoxy) is 1. The molecule has 0 saturated heterocycles. The number of amides is 1. The molecule has 0 heterocycles. The van der Waals surface area contributed by atoms with Gasteiger partial charge in [-0.3, -0.25) is 4.79 Å². The first-order chi connectivity index (χ1) is 11.3. The lowest BCUT2D eigenvalue weighted by atomic mass is 10.0. The zero-order valence-corrected chi connectivity index (χ0v) is 13.3. The summed E-state index contributed by atoms with van der Waals surface area (Å²) in [4.78, 5) is 12.2. The van der Waals surface area contributed by atoms with Crippen LogP contribution in [0.1, 0.15) is 37.7 Å². The zero-order valence-electron chi connectivity index (χ0n) is 13.3. The predicted octanol–water partition coefficient (Wildman–Crippen LogP) is 4.78. The molecule has 0 aromatic heterocycles. The van der Waals surface area contributed by atoms with E-state index in [1.165, 1.54) is 25.7 Å². The van der Waals surface area contributed by atoms with Gasteiger partial charge in [0.1, 0.15) is 12.4 Å². The predicted molar refractivity (Wildman–Crippen MR) is 92.4 cm³/mol. The summed E-state index contributed by atoms with van der Waals surface area (Å²) in [5, 5.41) is 3.01. The summed E-state index contributed by atoms with van der Waals surface area (Å²) < 4.78 is 5.88. The molecule has 23 heavy (non-hydrogen) atoms. The molecule has 2 aromatic carbocycles. The minimum atomic E-state index is 0.0904. The average Bonchev–Trinajstić information content (AvgIpc) is 3.08. The van der Waals surface area contributed by atoms with Gasteiger partial charge in [-0.1, -0.05) is 55.3 Å². The Labute approximate surface area is 137 Å². The molecule has 0 unspecified atom stereocenters. The van der Waals surface area contributed by atoms with Gasteiger partial charge in [0.25, 0.3) is 0 Å². The number of benzene rings is 2. The van der Waals surface area contributed by atoms with E-state index in [4.69, 9.17) is 4.74 Å². The van der Waals surface area contributed by atoms with Crippen molar-refractivity contribution in [1.82, 2.24) is 0 Å². The maximum atomic E-state index is 12.2. The summed E-state index contributed by atoms with van der Waals surface area (Å²) >= 11 is 0. The third-order valence-electron chi connectivity index (χ3n) is 4.35. The van der Waals surface area contributed by atoms with E-state index in [0.717, 1.165) is 17.0 Å². The molecule has 0 bridgehead atoms. The summed E-state index contributed by atoms with van der Waals surface area (Å²) in [6, 6.07) is 17.7. The maximum Gasteiger partial charge on any atom is 0.224 e. The second-order valence-corrected chi connectivity index (χ2v) is 6.17. The molecule has 1 N–H and O–H groups in total. The first kappa shape index (κ1) is 15.6. The number of nitrogens with one attached hydrogen (secondary N) is 1. The molecule has 0 aliphatic heterocycles. The number of carbonyl (C=O) groups excluding carboxylic acids is 1. The second kappa shape index (κ2) is 7.82. The van der Waals surface area contributed by atoms with Crippen molar-refractivity contribution in [2.45, 2.75) is 38.7 Å². The molecule has 0 atom stereocenters. The number of para-hydroxylation sites is 2. The monoisotopic (exact) mass is 309 g/mol. The van der Waals surface area contributed by atoms with Crippen LogP contribution in [0, 0.1) is 5.92 Å². The van der Waals surface area contributed by atoms with Gasteiger partial charge < -0.3 is 10.1 Å². The Bertz CT molecular complexity index is 633. The van der Waals surface area contributed by atoms with E-state index in [9.17, 15) is 4.79 Å². The lowest BCUT2D eigenvalue weighted by Crippen LogP contribution is -2.15. The van der Waals surface area contributed by atoms with Crippen molar-refractivity contribution in [1.29, 1.82) is 0 Å². The molecular formula is C20H23NO2. The van der Waals surface area contributed by atoms with Gasteiger partial charge >= 0.3 is 0 Å². The van der Waals surface area contributed by atoms with Gasteiger partial charge in [0, 0.05) is 6.42 Å². The molecule has 3 rings (SSSR count). The van der Waals surface area contributed by atoms with Crippen LogP contribution >= 0.6 is 0 Å². The molecule has 3 nitrogen and oxygen atoms in total. The minimum Gasteiger partial charge on any atom is -0.487 e. The van der Waals surface area contributed by atoms with Gasteiger partial charge in [-0.15, -0.1) is 0 Å². The zero-order chi connectivity index (χ0) is 15.9. The Morgan fingerprint density at radius 1 is 1.00 bits per heavy atom. The highest BCUT2D eigenvalue weighted by Gasteiger charge is 2.19. The van der Waals surface area contributed by atoms with Crippen molar-refractivity contribution in [3.63, 3.8) is 0 Å². The molecule has 3 heteroatoms. The molecule has 120 valence electrons. The van der Waals surface area contributed by atoms with Crippen LogP contribution in [0.5, 0.6) is 5.75 Å². The molecule has 0 spiro atoms. The van der Waals surface area contributed by atoms with E-state index in [-0.39, 0.29) is 5.91 Å². The topological polar surface area (TPSA) is 38.3 Å². The van der Waals surface area contributed by atoms with Crippen molar-refractivity contribution >= 4 is 11.6 Å². The van der Waals surface area contributed by atoms with E-state index >= 15 is 0 Å². The quantitative estimate of drug-likeness (QED) is 0.833. The molecule has 1 saturated carbocycles. The third kappa shape index (κ3) is 4.59. The third-order valence-corrected chi connectivity index (χ3v) is 4.35. The van der Waals surface area contributed by atoms with Crippen LogP contribution in [-0.2, 0) is 11.4 Å². The fraction of sp³-hybridized carbons (Fsp3) is 0.350. The molecule has 1 aliphatic rings. The number of anilines is 1. The average molecular weight is 309 g/mol. The molecular weight excluding hydrogens is 286 g/mol. The Balaban J connectivity index is 1.59. The van der Waals surface area contributed by atoms with Gasteiger partial charge in [0.15, 0.2) is 0 Å². The smallest absolute Gasteiger partial charge is 0.224 e. The van der Waals surface area contributed by atoms with Crippen LogP contribution < -0.4 is 10.1 Å². The highest BCUT2D eigenvalue weighted by Crippen LogP contribution is 2.29. The van der Waals surface area contributed by atoms with Crippen LogP contribution in [0.3, 0.4) is 0 Å². The highest BCUT2D eigenvalue weighted by atomic mass is 16.5. The van der Waals surface area contributed by atoms with Crippen LogP contribution in [0.4, 0.5) is 5.69 Å². The summed E-state index contributed by atoms with van der Waals surface area (Å²) in [5.74, 6) is 1.36. The summed E-state index contributed by atoms with van der Waals surface area (Å²) in [6.45, 7) is 0.496. The van der Waals surface area contributed by atoms with Gasteiger partial charge in [0.05, 0.1) is 5.69 Å². The molecule has 1 amide bonds. The second-order valence-electron chi connectivity index (χ2n) is 6.17. The standard InChI is InChI=1S/C20H23NO2/c22-20(14-16-8-4-5-9-16)21-18-12-6-7-13-19(18)23-15-17-10-2-1-3-11-17/h1-3,6-7,10-13,16H,4-5,8-9,14-15H2,(H,21,22). The van der Waals surface area contributed by atoms with E-state index in [1.54, 1.807) is 0 Å². The van der Waals surface area contributed by atoms with E-state index in [2.05, 4.69) is 5.32 Å². The van der Waals surface area contributed by atoms with Crippen LogP contribution in [0.2, 0.25) is 0 Å². The van der Waals surface area contributed by atoms with E-state index in [0.29, 0.717) is 18.9 Å². The van der Waals surface area contributed by atoms with E-state index < -0.39 is 0 Å². The Morgan fingerprint density at radius 2 is 1.70 bits per heavy atom. The number of carbonyl (C=O) groups is 1. The Morgan fingerprint density at radius 3 is 2.48 bits per heavy atom. The van der Waals surface area contributed by atoms with Gasteiger partial charge in [-0.05, 0) is 36.5 Å². The Hall–Kier alpha value is -2.29. The maximum absolute atomic E-state index is 12.2. The highest BCUT2D eigenvalue weighted by molar-refractivity contribution is 5.92. The first-order valence-electron chi connectivity index (χ1n) is 8.37. The summed E-state index contributed by atoms with van der Waals surface area (Å²) in [5.41, 5.74) is 1.87. The van der Waals surface area contributed by atoms with Crippen LogP contribution in [0.25, 0.3) is 0 Å². The van der Waals surface area contributed by atoms with Crippen LogP contribution in [0.15, 0.2) is 54.6 Å². The molecule has 1 aliphatic carbocycles. The lowest BCUT2D eigenvalue weighted by Gasteiger charge is -2.14. The van der Waals surface area contributed by atoms with Crippen LogP contribution in [-0.4, -0.2) is 5.91 Å². The largest absolute Gasteiger partial charge is 0.487 e. The molecule has 0 radical (unpaired) electrons. The van der Waals surface area contributed by atoms with Crippen molar-refractivity contribution in [2.24, 2.45) is 5.92 Å². The van der Waals surface area contributed by atoms with E-state index in [1.807, 2.05) is 54.6 Å². The number of hydrogen-bond acceptors (Lipinski definition) is 2. The normalized spacial score (nSPS) is 14.6. The molecule has 2 aromatic rings. The summed E-state index contributed by atoms with van der Waals surface area (Å²) in [7, 11) is 0. The molecule has 1 fully saturated rings. The van der Waals surface area contributed by atoms with Gasteiger partial charge in [-0.2, -0.15) is 0 Å². The van der Waals surface area contributed by atoms with Crippen molar-refractivity contribution in [2.75, 3.05) is 5.32 Å². The number of hydrogen-bond donors (Lipinski definition) is 1. The minimum absolute atomic E-state index is 0.0904. The van der Waals surface area contributed by atoms with Crippen molar-refractivity contribution < 1.29 is 9.53 Å². The first-order valence-corrected chi connectivity index (χ1v) is 8.37.